The van der Waals surface area contributed by atoms with E-state index in [9.17, 15) is 0 Å². The van der Waals surface area contributed by atoms with Crippen molar-refractivity contribution in [2.75, 3.05) is 6.54 Å². The maximum Gasteiger partial charge on any atom is 0.0498 e. The second-order valence-electron chi connectivity index (χ2n) is 3.66. The molecule has 1 aliphatic heterocycles. The summed E-state index contributed by atoms with van der Waals surface area (Å²) < 4.78 is 0. The zero-order valence-corrected chi connectivity index (χ0v) is 8.59. The monoisotopic (exact) mass is 196 g/mol. The molecule has 0 aromatic carbocycles. The zero-order valence-electron chi connectivity index (χ0n) is 7.78. The summed E-state index contributed by atoms with van der Waals surface area (Å²) in [5.74, 6) is 6.01. The fourth-order valence-electron chi connectivity index (χ4n) is 1.95. The van der Waals surface area contributed by atoms with Gasteiger partial charge in [-0.3, -0.25) is 5.84 Å². The Bertz CT molecular complexity index is 245. The van der Waals surface area contributed by atoms with E-state index in [4.69, 9.17) is 5.84 Å². The molecule has 0 amide bonds. The maximum atomic E-state index is 6.01. The van der Waals surface area contributed by atoms with Crippen molar-refractivity contribution in [3.8, 4) is 0 Å². The minimum atomic E-state index is 0.466. The lowest BCUT2D eigenvalue weighted by Crippen LogP contribution is -2.34. The van der Waals surface area contributed by atoms with E-state index in [1.54, 1.807) is 11.3 Å². The molecule has 1 atom stereocenters. The van der Waals surface area contributed by atoms with E-state index in [0.29, 0.717) is 6.04 Å². The van der Waals surface area contributed by atoms with Crippen molar-refractivity contribution in [2.45, 2.75) is 31.7 Å². The van der Waals surface area contributed by atoms with Crippen LogP contribution in [0.3, 0.4) is 0 Å². The molecule has 0 bridgehead atoms. The van der Waals surface area contributed by atoms with E-state index in [2.05, 4.69) is 16.8 Å². The first-order chi connectivity index (χ1) is 6.38. The number of hydrogen-bond donors (Lipinski definition) is 1. The summed E-state index contributed by atoms with van der Waals surface area (Å²) in [5.41, 5.74) is 1.40. The molecule has 0 saturated carbocycles. The highest BCUT2D eigenvalue weighted by molar-refractivity contribution is 7.07. The maximum absolute atomic E-state index is 6.01. The van der Waals surface area contributed by atoms with Crippen LogP contribution >= 0.6 is 11.3 Å². The van der Waals surface area contributed by atoms with Crippen molar-refractivity contribution >= 4 is 11.3 Å². The molecule has 2 heterocycles. The Morgan fingerprint density at radius 3 is 3.08 bits per heavy atom. The third kappa shape index (κ3) is 2.10. The minimum absolute atomic E-state index is 0.466. The smallest absolute Gasteiger partial charge is 0.0498 e. The second kappa shape index (κ2) is 4.22. The summed E-state index contributed by atoms with van der Waals surface area (Å²) in [5, 5.41) is 6.36. The highest BCUT2D eigenvalue weighted by atomic mass is 32.1. The molecule has 1 fully saturated rings. The van der Waals surface area contributed by atoms with Gasteiger partial charge in [0.15, 0.2) is 0 Å². The van der Waals surface area contributed by atoms with Gasteiger partial charge in [0.25, 0.3) is 0 Å². The van der Waals surface area contributed by atoms with E-state index in [0.717, 1.165) is 6.54 Å². The van der Waals surface area contributed by atoms with Crippen molar-refractivity contribution in [1.82, 2.24) is 5.01 Å². The Hall–Kier alpha value is -0.380. The minimum Gasteiger partial charge on any atom is -0.268 e. The topological polar surface area (TPSA) is 29.3 Å². The van der Waals surface area contributed by atoms with Gasteiger partial charge in [0.2, 0.25) is 0 Å². The van der Waals surface area contributed by atoms with E-state index < -0.39 is 0 Å². The number of nitrogens with zero attached hydrogens (tertiary/aromatic N) is 1. The molecule has 13 heavy (non-hydrogen) atoms. The average Bonchev–Trinajstić information content (AvgIpc) is 2.56. The Morgan fingerprint density at radius 2 is 2.31 bits per heavy atom. The summed E-state index contributed by atoms with van der Waals surface area (Å²) in [6.45, 7) is 1.04. The third-order valence-corrected chi connectivity index (χ3v) is 3.42. The van der Waals surface area contributed by atoms with Crippen molar-refractivity contribution < 1.29 is 0 Å². The van der Waals surface area contributed by atoms with Gasteiger partial charge in [0.05, 0.1) is 0 Å². The fraction of sp³-hybridized carbons (Fsp3) is 0.600. The van der Waals surface area contributed by atoms with Gasteiger partial charge in [-0.15, -0.1) is 0 Å². The largest absolute Gasteiger partial charge is 0.268 e. The van der Waals surface area contributed by atoms with Crippen LogP contribution in [-0.4, -0.2) is 11.6 Å². The number of rotatable bonds is 1. The van der Waals surface area contributed by atoms with Crippen LogP contribution in [0.1, 0.15) is 37.3 Å². The first kappa shape index (κ1) is 9.19. The van der Waals surface area contributed by atoms with Crippen LogP contribution in [0.15, 0.2) is 16.8 Å². The Balaban J connectivity index is 2.11. The second-order valence-corrected chi connectivity index (χ2v) is 4.44. The van der Waals surface area contributed by atoms with Gasteiger partial charge in [-0.1, -0.05) is 12.8 Å². The molecule has 2 rings (SSSR count). The molecule has 2 N–H and O–H groups in total. The lowest BCUT2D eigenvalue weighted by molar-refractivity contribution is 0.207. The van der Waals surface area contributed by atoms with Gasteiger partial charge >= 0.3 is 0 Å². The molecular formula is C10H16N2S. The molecule has 2 nitrogen and oxygen atoms in total. The molecular weight excluding hydrogens is 180 g/mol. The van der Waals surface area contributed by atoms with Crippen LogP contribution < -0.4 is 5.84 Å². The standard InChI is InChI=1S/C10H16N2S/c11-12-6-3-1-2-4-10(12)9-5-7-13-8-9/h5,7-8,10H,1-4,6,11H2. The van der Waals surface area contributed by atoms with E-state index >= 15 is 0 Å². The Kier molecular flexibility index (Phi) is 2.98. The van der Waals surface area contributed by atoms with Crippen molar-refractivity contribution in [3.05, 3.63) is 22.4 Å². The molecule has 0 spiro atoms. The summed E-state index contributed by atoms with van der Waals surface area (Å²) >= 11 is 1.76. The molecule has 1 unspecified atom stereocenters. The number of thiophene rings is 1. The molecule has 1 aromatic rings. The van der Waals surface area contributed by atoms with Gasteiger partial charge in [-0.25, -0.2) is 5.01 Å². The quantitative estimate of drug-likeness (QED) is 0.699. The molecule has 0 aliphatic carbocycles. The molecule has 1 aliphatic rings. The van der Waals surface area contributed by atoms with Crippen molar-refractivity contribution in [1.29, 1.82) is 0 Å². The van der Waals surface area contributed by atoms with Crippen LogP contribution in [0.4, 0.5) is 0 Å². The van der Waals surface area contributed by atoms with Crippen LogP contribution in [0.2, 0.25) is 0 Å². The van der Waals surface area contributed by atoms with Gasteiger partial charge < -0.3 is 0 Å². The summed E-state index contributed by atoms with van der Waals surface area (Å²) in [6.07, 6.45) is 5.10. The number of hydrogen-bond acceptors (Lipinski definition) is 3. The fourth-order valence-corrected chi connectivity index (χ4v) is 2.66. The van der Waals surface area contributed by atoms with Gasteiger partial charge in [-0.05, 0) is 35.2 Å². The molecule has 72 valence electrons. The first-order valence-electron chi connectivity index (χ1n) is 4.91. The summed E-state index contributed by atoms with van der Waals surface area (Å²) in [7, 11) is 0. The number of nitrogens with two attached hydrogens (primary N) is 1. The van der Waals surface area contributed by atoms with Crippen LogP contribution in [-0.2, 0) is 0 Å². The molecule has 1 saturated heterocycles. The van der Waals surface area contributed by atoms with E-state index in [-0.39, 0.29) is 0 Å². The van der Waals surface area contributed by atoms with Gasteiger partial charge in [0, 0.05) is 12.6 Å². The lowest BCUT2D eigenvalue weighted by atomic mass is 10.1. The highest BCUT2D eigenvalue weighted by Crippen LogP contribution is 2.28. The Labute approximate surface area is 83.3 Å². The van der Waals surface area contributed by atoms with Gasteiger partial charge in [0.1, 0.15) is 0 Å². The van der Waals surface area contributed by atoms with E-state index in [1.807, 2.05) is 5.01 Å². The van der Waals surface area contributed by atoms with Crippen LogP contribution in [0.25, 0.3) is 0 Å². The van der Waals surface area contributed by atoms with Crippen LogP contribution in [0, 0.1) is 0 Å². The molecule has 0 radical (unpaired) electrons. The SMILES string of the molecule is NN1CCCCCC1c1ccsc1. The predicted molar refractivity (Wildman–Crippen MR) is 56.4 cm³/mol. The molecule has 3 heteroatoms. The van der Waals surface area contributed by atoms with E-state index in [1.165, 1.54) is 31.2 Å². The third-order valence-electron chi connectivity index (χ3n) is 2.72. The summed E-state index contributed by atoms with van der Waals surface area (Å²) in [4.78, 5) is 0. The van der Waals surface area contributed by atoms with Gasteiger partial charge in [-0.2, -0.15) is 11.3 Å². The van der Waals surface area contributed by atoms with Crippen LogP contribution in [0.5, 0.6) is 0 Å². The highest BCUT2D eigenvalue weighted by Gasteiger charge is 2.19. The predicted octanol–water partition coefficient (Wildman–Crippen LogP) is 2.54. The number of hydrazine groups is 1. The summed E-state index contributed by atoms with van der Waals surface area (Å²) in [6, 6.07) is 2.66. The lowest BCUT2D eigenvalue weighted by Gasteiger charge is -2.24. The average molecular weight is 196 g/mol. The van der Waals surface area contributed by atoms with Crippen molar-refractivity contribution in [2.24, 2.45) is 5.84 Å². The normalized spacial score (nSPS) is 25.8. The zero-order chi connectivity index (χ0) is 9.10. The molecule has 1 aromatic heterocycles. The van der Waals surface area contributed by atoms with Crippen molar-refractivity contribution in [3.63, 3.8) is 0 Å². The first-order valence-corrected chi connectivity index (χ1v) is 5.85. The Morgan fingerprint density at radius 1 is 1.38 bits per heavy atom.